The molecule has 0 saturated heterocycles. The van der Waals surface area contributed by atoms with E-state index >= 15 is 0 Å². The zero-order valence-electron chi connectivity index (χ0n) is 58.7. The quantitative estimate of drug-likeness (QED) is 0.128. The average molecular weight is 1000 g/mol. The maximum atomic E-state index is 2.31. The SMILES string of the molecule is CC(C)C(C)(C)C.CC(C)C(C)(C)C.CCC(C)(C)CC.CCC(C)(C)CC.CCC(C)C(C)C.CCC(C)C(C)C.CCC(CC)CC.CCCC(C)(C)C.CCCC(C)CC.CCCC(C)CC. The van der Waals surface area contributed by atoms with Crippen molar-refractivity contribution in [2.24, 2.45) is 80.3 Å². The molecule has 0 aliphatic carbocycles. The second kappa shape index (κ2) is 58.3. The smallest absolute Gasteiger partial charge is 0.0359 e. The summed E-state index contributed by atoms with van der Waals surface area (Å²) >= 11 is 0. The fourth-order valence-electron chi connectivity index (χ4n) is 4.45. The van der Waals surface area contributed by atoms with E-state index in [1.807, 2.05) is 0 Å². The Kier molecular flexibility index (Phi) is 77.1. The van der Waals surface area contributed by atoms with Gasteiger partial charge in [0, 0.05) is 0 Å². The first-order valence-electron chi connectivity index (χ1n) is 31.5. The molecule has 0 rings (SSSR count). The summed E-state index contributed by atoms with van der Waals surface area (Å²) in [6, 6.07) is 0. The number of rotatable bonds is 18. The molecule has 70 heavy (non-hydrogen) atoms. The van der Waals surface area contributed by atoms with Crippen LogP contribution in [-0.4, -0.2) is 0 Å². The molecule has 0 heteroatoms. The fourth-order valence-corrected chi connectivity index (χ4v) is 4.45. The highest BCUT2D eigenvalue weighted by molar-refractivity contribution is 4.65. The Hall–Kier alpha value is 0. The molecule has 0 spiro atoms. The first-order valence-corrected chi connectivity index (χ1v) is 31.5. The molecule has 0 N–H and O–H groups in total. The molecule has 0 fully saturated rings. The first kappa shape index (κ1) is 92.6. The van der Waals surface area contributed by atoms with Crippen LogP contribution in [0.15, 0.2) is 0 Å². The molecule has 0 aromatic carbocycles. The summed E-state index contributed by atoms with van der Waals surface area (Å²) in [6.07, 6.45) is 22.7. The van der Waals surface area contributed by atoms with E-state index < -0.39 is 0 Å². The van der Waals surface area contributed by atoms with Gasteiger partial charge in [0.25, 0.3) is 0 Å². The standard InChI is InChI=1S/10C7H16/c2*1-6(2)7(3,4)5;1-5-6-7(2,3)4;2*1-5-7(3,4)6-2;2*1-5-7(4)6(2)3;2*1-4-6-7(3)5-2;1-4-7(5-2)6-3/h2*6H,1-5H3;3*5-6H2,1-4H3;2*6-7H,5H2,1-4H3;3*7H,4-6H2,1-3H3. The highest BCUT2D eigenvalue weighted by Crippen LogP contribution is 2.25. The lowest BCUT2D eigenvalue weighted by Gasteiger charge is -2.22. The lowest BCUT2D eigenvalue weighted by molar-refractivity contribution is 0.283. The van der Waals surface area contributed by atoms with Gasteiger partial charge in [-0.25, -0.2) is 0 Å². The molecule has 4 unspecified atom stereocenters. The number of hydrogen-bond acceptors (Lipinski definition) is 0. The van der Waals surface area contributed by atoms with Crippen molar-refractivity contribution in [3.63, 3.8) is 0 Å². The third-order valence-corrected chi connectivity index (χ3v) is 16.5. The molecular formula is C70H160. The molecular weight excluding hydrogens is 841 g/mol. The van der Waals surface area contributed by atoms with Crippen LogP contribution in [-0.2, 0) is 0 Å². The predicted octanol–water partition coefficient (Wildman–Crippen LogP) is 27.7. The Labute approximate surface area is 457 Å². The summed E-state index contributed by atoms with van der Waals surface area (Å²) in [7, 11) is 0. The Morgan fingerprint density at radius 2 is 0.500 bits per heavy atom. The van der Waals surface area contributed by atoms with Crippen LogP contribution in [0.4, 0.5) is 0 Å². The fraction of sp³-hybridized carbons (Fsp3) is 1.00. The lowest BCUT2D eigenvalue weighted by Crippen LogP contribution is -2.12. The molecule has 4 atom stereocenters. The zero-order chi connectivity index (χ0) is 58.7. The van der Waals surface area contributed by atoms with Crippen LogP contribution in [0.2, 0.25) is 0 Å². The molecule has 0 aliphatic heterocycles. The summed E-state index contributed by atoms with van der Waals surface area (Å²) in [6.45, 7) is 88.3. The van der Waals surface area contributed by atoms with Gasteiger partial charge in [-0.3, -0.25) is 0 Å². The monoisotopic (exact) mass is 1000 g/mol. The zero-order valence-corrected chi connectivity index (χ0v) is 58.7. The Morgan fingerprint density at radius 3 is 0.514 bits per heavy atom. The van der Waals surface area contributed by atoms with Crippen LogP contribution in [0, 0.1) is 80.3 Å². The van der Waals surface area contributed by atoms with Crippen LogP contribution in [0.1, 0.15) is 379 Å². The number of hydrogen-bond donors (Lipinski definition) is 0. The highest BCUT2D eigenvalue weighted by atomic mass is 14.2. The molecule has 0 saturated carbocycles. The van der Waals surface area contributed by atoms with E-state index in [9.17, 15) is 0 Å². The summed E-state index contributed by atoms with van der Waals surface area (Å²) in [5, 5.41) is 0. The molecule has 0 radical (unpaired) electrons. The molecule has 0 nitrogen and oxygen atoms in total. The van der Waals surface area contributed by atoms with E-state index in [2.05, 4.69) is 270 Å². The summed E-state index contributed by atoms with van der Waals surface area (Å²) in [5.41, 5.74) is 2.72. The van der Waals surface area contributed by atoms with Crippen LogP contribution in [0.3, 0.4) is 0 Å². The highest BCUT2D eigenvalue weighted by Gasteiger charge is 2.15. The van der Waals surface area contributed by atoms with Gasteiger partial charge in [0.05, 0.1) is 0 Å². The van der Waals surface area contributed by atoms with E-state index in [-0.39, 0.29) is 0 Å². The van der Waals surface area contributed by atoms with Crippen LogP contribution < -0.4 is 0 Å². The molecule has 0 aromatic heterocycles. The maximum Gasteiger partial charge on any atom is -0.0359 e. The van der Waals surface area contributed by atoms with E-state index in [0.717, 1.165) is 53.3 Å². The first-order chi connectivity index (χ1) is 31.5. The van der Waals surface area contributed by atoms with Gasteiger partial charge in [-0.2, -0.15) is 0 Å². The van der Waals surface area contributed by atoms with Gasteiger partial charge < -0.3 is 0 Å². The summed E-state index contributed by atoms with van der Waals surface area (Å²) in [4.78, 5) is 0. The average Bonchev–Trinajstić information content (AvgIpc) is 3.27. The second-order valence-corrected chi connectivity index (χ2v) is 28.0. The van der Waals surface area contributed by atoms with Crippen molar-refractivity contribution in [2.75, 3.05) is 0 Å². The minimum atomic E-state index is 0.500. The minimum absolute atomic E-state index is 0.500. The van der Waals surface area contributed by atoms with Gasteiger partial charge >= 0.3 is 0 Å². The molecule has 440 valence electrons. The second-order valence-electron chi connectivity index (χ2n) is 28.0. The van der Waals surface area contributed by atoms with Gasteiger partial charge in [-0.05, 0) is 86.8 Å². The van der Waals surface area contributed by atoms with Crippen molar-refractivity contribution in [2.45, 2.75) is 379 Å². The van der Waals surface area contributed by atoms with Crippen molar-refractivity contribution in [3.8, 4) is 0 Å². The minimum Gasteiger partial charge on any atom is -0.0654 e. The summed E-state index contributed by atoms with van der Waals surface area (Å²) < 4.78 is 0. The van der Waals surface area contributed by atoms with Crippen molar-refractivity contribution >= 4 is 0 Å². The van der Waals surface area contributed by atoms with Crippen LogP contribution in [0.25, 0.3) is 0 Å². The lowest BCUT2D eigenvalue weighted by atomic mass is 9.84. The Morgan fingerprint density at radius 1 is 0.286 bits per heavy atom. The van der Waals surface area contributed by atoms with Gasteiger partial charge in [0.15, 0.2) is 0 Å². The van der Waals surface area contributed by atoms with Crippen LogP contribution >= 0.6 is 0 Å². The van der Waals surface area contributed by atoms with Crippen molar-refractivity contribution in [1.82, 2.24) is 0 Å². The normalized spacial score (nSPS) is 13.0. The van der Waals surface area contributed by atoms with Gasteiger partial charge in [-0.15, -0.1) is 0 Å². The topological polar surface area (TPSA) is 0 Å². The van der Waals surface area contributed by atoms with Crippen molar-refractivity contribution in [1.29, 1.82) is 0 Å². The predicted molar refractivity (Wildman–Crippen MR) is 343 cm³/mol. The van der Waals surface area contributed by atoms with Gasteiger partial charge in [-0.1, -0.05) is 373 Å². The van der Waals surface area contributed by atoms with Crippen molar-refractivity contribution < 1.29 is 0 Å². The van der Waals surface area contributed by atoms with Gasteiger partial charge in [0.1, 0.15) is 0 Å². The molecule has 0 aliphatic rings. The third-order valence-electron chi connectivity index (χ3n) is 16.5. The third kappa shape index (κ3) is 97.3. The van der Waals surface area contributed by atoms with E-state index in [1.165, 1.54) is 109 Å². The van der Waals surface area contributed by atoms with Crippen molar-refractivity contribution in [3.05, 3.63) is 0 Å². The summed E-state index contributed by atoms with van der Waals surface area (Å²) in [5.74, 6) is 8.02. The molecule has 0 heterocycles. The van der Waals surface area contributed by atoms with Crippen LogP contribution in [0.5, 0.6) is 0 Å². The van der Waals surface area contributed by atoms with E-state index in [0.29, 0.717) is 27.1 Å². The van der Waals surface area contributed by atoms with Gasteiger partial charge in [0.2, 0.25) is 0 Å². The molecule has 0 bridgehead atoms. The Bertz CT molecular complexity index is 782. The van der Waals surface area contributed by atoms with E-state index in [1.54, 1.807) is 0 Å². The largest absolute Gasteiger partial charge is 0.0654 e. The maximum absolute atomic E-state index is 2.31. The molecule has 0 amide bonds. The molecule has 0 aromatic rings. The van der Waals surface area contributed by atoms with E-state index in [4.69, 9.17) is 0 Å². The Balaban J connectivity index is -0.0000000714.